The summed E-state index contributed by atoms with van der Waals surface area (Å²) in [4.78, 5) is 11.0. The Morgan fingerprint density at radius 3 is 2.78 bits per heavy atom. The number of carbonyl (C=O) groups is 1. The molecule has 0 aromatic heterocycles. The zero-order chi connectivity index (χ0) is 13.2. The second kappa shape index (κ2) is 8.42. The summed E-state index contributed by atoms with van der Waals surface area (Å²) >= 11 is 0. The Labute approximate surface area is 107 Å². The fraction of sp³-hybridized carbons (Fsp3) is 0.357. The fourth-order valence-corrected chi connectivity index (χ4v) is 1.41. The first-order chi connectivity index (χ1) is 8.72. The summed E-state index contributed by atoms with van der Waals surface area (Å²) in [5, 5.41) is 3.16. The number of esters is 1. The van der Waals surface area contributed by atoms with E-state index in [2.05, 4.69) is 5.32 Å². The van der Waals surface area contributed by atoms with Gasteiger partial charge in [-0.05, 0) is 37.6 Å². The second-order valence-corrected chi connectivity index (χ2v) is 3.74. The monoisotopic (exact) mass is 251 g/mol. The Hall–Kier alpha value is -1.68. The van der Waals surface area contributed by atoms with E-state index in [1.165, 1.54) is 18.2 Å². The standard InChI is InChI=1S/C14H18FNO2/c1-2-18-14(17)4-3-10-16-11-9-12-5-7-13(15)8-6-12/h3-8,16H,2,9-11H2,1H3/b4-3+. The van der Waals surface area contributed by atoms with E-state index in [0.717, 1.165) is 18.5 Å². The molecule has 0 saturated heterocycles. The van der Waals surface area contributed by atoms with Crippen LogP contribution in [0.3, 0.4) is 0 Å². The lowest BCUT2D eigenvalue weighted by Crippen LogP contribution is -2.17. The summed E-state index contributed by atoms with van der Waals surface area (Å²) in [6.45, 7) is 3.55. The minimum absolute atomic E-state index is 0.218. The number of hydrogen-bond donors (Lipinski definition) is 1. The molecule has 0 bridgehead atoms. The van der Waals surface area contributed by atoms with Crippen molar-refractivity contribution in [3.05, 3.63) is 47.8 Å². The van der Waals surface area contributed by atoms with Gasteiger partial charge in [-0.1, -0.05) is 18.2 Å². The van der Waals surface area contributed by atoms with Crippen LogP contribution in [0.15, 0.2) is 36.4 Å². The first kappa shape index (κ1) is 14.4. The Balaban J connectivity index is 2.12. The summed E-state index contributed by atoms with van der Waals surface area (Å²) in [5.41, 5.74) is 1.08. The highest BCUT2D eigenvalue weighted by molar-refractivity contribution is 5.81. The van der Waals surface area contributed by atoms with E-state index in [4.69, 9.17) is 4.74 Å². The number of carbonyl (C=O) groups excluding carboxylic acids is 1. The molecule has 18 heavy (non-hydrogen) atoms. The predicted octanol–water partition coefficient (Wildman–Crippen LogP) is 2.08. The van der Waals surface area contributed by atoms with Crippen LogP contribution >= 0.6 is 0 Å². The molecular weight excluding hydrogens is 233 g/mol. The Morgan fingerprint density at radius 1 is 1.39 bits per heavy atom. The minimum atomic E-state index is -0.321. The molecule has 0 aliphatic carbocycles. The van der Waals surface area contributed by atoms with E-state index < -0.39 is 0 Å². The van der Waals surface area contributed by atoms with Gasteiger partial charge in [0.1, 0.15) is 5.82 Å². The van der Waals surface area contributed by atoms with Crippen LogP contribution in [-0.2, 0) is 16.0 Å². The molecule has 0 saturated carbocycles. The van der Waals surface area contributed by atoms with E-state index >= 15 is 0 Å². The highest BCUT2D eigenvalue weighted by Gasteiger charge is 1.94. The van der Waals surface area contributed by atoms with Crippen LogP contribution in [-0.4, -0.2) is 25.7 Å². The maximum atomic E-state index is 12.6. The van der Waals surface area contributed by atoms with Crippen molar-refractivity contribution in [2.75, 3.05) is 19.7 Å². The quantitative estimate of drug-likeness (QED) is 0.458. The minimum Gasteiger partial charge on any atom is -0.463 e. The third kappa shape index (κ3) is 6.15. The van der Waals surface area contributed by atoms with Crippen LogP contribution in [0.1, 0.15) is 12.5 Å². The Morgan fingerprint density at radius 2 is 2.11 bits per heavy atom. The van der Waals surface area contributed by atoms with Crippen LogP contribution in [0.4, 0.5) is 4.39 Å². The highest BCUT2D eigenvalue weighted by Crippen LogP contribution is 2.02. The molecule has 0 atom stereocenters. The van der Waals surface area contributed by atoms with E-state index in [1.807, 2.05) is 0 Å². The van der Waals surface area contributed by atoms with Crippen molar-refractivity contribution in [3.8, 4) is 0 Å². The number of hydrogen-bond acceptors (Lipinski definition) is 3. The molecule has 3 nitrogen and oxygen atoms in total. The molecular formula is C14H18FNO2. The largest absolute Gasteiger partial charge is 0.463 e. The zero-order valence-corrected chi connectivity index (χ0v) is 10.5. The average Bonchev–Trinajstić information content (AvgIpc) is 2.36. The summed E-state index contributed by atoms with van der Waals surface area (Å²) in [6, 6.07) is 6.45. The number of rotatable bonds is 7. The maximum absolute atomic E-state index is 12.6. The molecule has 98 valence electrons. The second-order valence-electron chi connectivity index (χ2n) is 3.74. The third-order valence-corrected chi connectivity index (χ3v) is 2.31. The topological polar surface area (TPSA) is 38.3 Å². The Kier molecular flexibility index (Phi) is 6.72. The molecule has 0 unspecified atom stereocenters. The van der Waals surface area contributed by atoms with Gasteiger partial charge in [0.15, 0.2) is 0 Å². The number of halogens is 1. The van der Waals surface area contributed by atoms with Gasteiger partial charge in [0.05, 0.1) is 6.61 Å². The molecule has 1 aromatic carbocycles. The highest BCUT2D eigenvalue weighted by atomic mass is 19.1. The van der Waals surface area contributed by atoms with Crippen LogP contribution in [0.2, 0.25) is 0 Å². The number of nitrogens with one attached hydrogen (secondary N) is 1. The SMILES string of the molecule is CCOC(=O)/C=C/CNCCc1ccc(F)cc1. The lowest BCUT2D eigenvalue weighted by atomic mass is 10.1. The fourth-order valence-electron chi connectivity index (χ4n) is 1.41. The molecule has 0 aliphatic rings. The molecule has 0 aliphatic heterocycles. The average molecular weight is 251 g/mol. The summed E-state index contributed by atoms with van der Waals surface area (Å²) in [5.74, 6) is -0.540. The lowest BCUT2D eigenvalue weighted by molar-refractivity contribution is -0.137. The van der Waals surface area contributed by atoms with Gasteiger partial charge in [0, 0.05) is 12.6 Å². The van der Waals surface area contributed by atoms with Crippen molar-refractivity contribution in [2.24, 2.45) is 0 Å². The third-order valence-electron chi connectivity index (χ3n) is 2.31. The summed E-state index contributed by atoms with van der Waals surface area (Å²) in [6.07, 6.45) is 3.96. The Bertz CT molecular complexity index is 387. The molecule has 0 fully saturated rings. The van der Waals surface area contributed by atoms with Crippen LogP contribution in [0.5, 0.6) is 0 Å². The number of ether oxygens (including phenoxy) is 1. The zero-order valence-electron chi connectivity index (χ0n) is 10.5. The van der Waals surface area contributed by atoms with E-state index in [9.17, 15) is 9.18 Å². The van der Waals surface area contributed by atoms with Gasteiger partial charge < -0.3 is 10.1 Å². The maximum Gasteiger partial charge on any atom is 0.330 e. The molecule has 1 aromatic rings. The molecule has 0 heterocycles. The van der Waals surface area contributed by atoms with Gasteiger partial charge in [-0.15, -0.1) is 0 Å². The molecule has 1 N–H and O–H groups in total. The smallest absolute Gasteiger partial charge is 0.330 e. The van der Waals surface area contributed by atoms with Crippen LogP contribution < -0.4 is 5.32 Å². The molecule has 0 radical (unpaired) electrons. The first-order valence-corrected chi connectivity index (χ1v) is 6.01. The van der Waals surface area contributed by atoms with Gasteiger partial charge >= 0.3 is 5.97 Å². The molecule has 0 amide bonds. The predicted molar refractivity (Wildman–Crippen MR) is 68.7 cm³/mol. The van der Waals surface area contributed by atoms with Gasteiger partial charge in [0.2, 0.25) is 0 Å². The number of benzene rings is 1. The van der Waals surface area contributed by atoms with Crippen molar-refractivity contribution in [2.45, 2.75) is 13.3 Å². The molecule has 0 spiro atoms. The molecule has 1 rings (SSSR count). The summed E-state index contributed by atoms with van der Waals surface area (Å²) in [7, 11) is 0. The molecule has 4 heteroatoms. The first-order valence-electron chi connectivity index (χ1n) is 6.01. The lowest BCUT2D eigenvalue weighted by Gasteiger charge is -2.02. The normalized spacial score (nSPS) is 10.8. The van der Waals surface area contributed by atoms with Crippen molar-refractivity contribution >= 4 is 5.97 Å². The van der Waals surface area contributed by atoms with E-state index in [0.29, 0.717) is 13.2 Å². The van der Waals surface area contributed by atoms with Gasteiger partial charge in [0.25, 0.3) is 0 Å². The van der Waals surface area contributed by atoms with Crippen LogP contribution in [0, 0.1) is 5.82 Å². The van der Waals surface area contributed by atoms with Crippen molar-refractivity contribution in [3.63, 3.8) is 0 Å². The van der Waals surface area contributed by atoms with Crippen molar-refractivity contribution < 1.29 is 13.9 Å². The van der Waals surface area contributed by atoms with Crippen molar-refractivity contribution in [1.29, 1.82) is 0 Å². The summed E-state index contributed by atoms with van der Waals surface area (Å²) < 4.78 is 17.4. The van der Waals surface area contributed by atoms with Gasteiger partial charge in [-0.25, -0.2) is 9.18 Å². The van der Waals surface area contributed by atoms with E-state index in [-0.39, 0.29) is 11.8 Å². The van der Waals surface area contributed by atoms with E-state index in [1.54, 1.807) is 25.1 Å². The van der Waals surface area contributed by atoms with Crippen molar-refractivity contribution in [1.82, 2.24) is 5.32 Å². The van der Waals surface area contributed by atoms with Gasteiger partial charge in [-0.3, -0.25) is 0 Å². The van der Waals surface area contributed by atoms with Crippen LogP contribution in [0.25, 0.3) is 0 Å². The van der Waals surface area contributed by atoms with Gasteiger partial charge in [-0.2, -0.15) is 0 Å².